The number of sulfonamides is 1. The van der Waals surface area contributed by atoms with E-state index in [1.54, 1.807) is 24.3 Å². The molecule has 0 bridgehead atoms. The van der Waals surface area contributed by atoms with Crippen LogP contribution in [0.25, 0.3) is 0 Å². The van der Waals surface area contributed by atoms with Gasteiger partial charge in [0.15, 0.2) is 0 Å². The summed E-state index contributed by atoms with van der Waals surface area (Å²) in [5, 5.41) is 40.5. The van der Waals surface area contributed by atoms with Crippen molar-refractivity contribution in [2.45, 2.75) is 48.8 Å². The van der Waals surface area contributed by atoms with Gasteiger partial charge >= 0.3 is 0 Å². The lowest BCUT2D eigenvalue weighted by atomic mass is 9.90. The molecule has 0 aromatic heterocycles. The fourth-order valence-electron chi connectivity index (χ4n) is 3.81. The summed E-state index contributed by atoms with van der Waals surface area (Å²) in [5.74, 6) is 0.515. The standard InChI is InChI=1S/C22H28ClNO8S/c1-3-31-16-6-4-12(9-15(16)23)8-14-10-13(5-7-18(14)33(29,30)24-2)22-21(28)20(27)19(26)17(11-25)32-22/h4-7,9-10,17,19-22,24-28H,3,8,11H2,1-2H3/t17-,19-,20+,21-,22+/m1/s1. The van der Waals surface area contributed by atoms with E-state index in [9.17, 15) is 28.8 Å². The van der Waals surface area contributed by atoms with Gasteiger partial charge in [-0.2, -0.15) is 0 Å². The number of hydrogen-bond donors (Lipinski definition) is 5. The lowest BCUT2D eigenvalue weighted by Crippen LogP contribution is -2.55. The van der Waals surface area contributed by atoms with Gasteiger partial charge in [-0.25, -0.2) is 13.1 Å². The number of ether oxygens (including phenoxy) is 2. The van der Waals surface area contributed by atoms with Gasteiger partial charge in [0, 0.05) is 0 Å². The van der Waals surface area contributed by atoms with Crippen LogP contribution in [0, 0.1) is 0 Å². The highest BCUT2D eigenvalue weighted by molar-refractivity contribution is 7.89. The minimum atomic E-state index is -3.81. The molecule has 1 saturated heterocycles. The van der Waals surface area contributed by atoms with Crippen molar-refractivity contribution in [1.29, 1.82) is 0 Å². The van der Waals surface area contributed by atoms with Crippen molar-refractivity contribution in [1.82, 2.24) is 4.72 Å². The first kappa shape index (κ1) is 25.9. The molecular formula is C22H28ClNO8S. The summed E-state index contributed by atoms with van der Waals surface area (Å²) in [5.41, 5.74) is 1.51. The number of halogens is 1. The van der Waals surface area contributed by atoms with Crippen molar-refractivity contribution in [2.24, 2.45) is 0 Å². The number of aliphatic hydroxyl groups excluding tert-OH is 4. The Labute approximate surface area is 197 Å². The second kappa shape index (κ2) is 10.7. The van der Waals surface area contributed by atoms with Crippen molar-refractivity contribution in [3.05, 3.63) is 58.1 Å². The first-order chi connectivity index (χ1) is 15.6. The SMILES string of the molecule is CCOc1ccc(Cc2cc([C@@H]3O[C@H](CO)[C@@H](O)[C@H](O)[C@H]3O)ccc2S(=O)(=O)NC)cc1Cl. The Hall–Kier alpha value is -1.76. The van der Waals surface area contributed by atoms with E-state index >= 15 is 0 Å². The van der Waals surface area contributed by atoms with Crippen LogP contribution in [0.5, 0.6) is 5.75 Å². The third-order valence-electron chi connectivity index (χ3n) is 5.55. The van der Waals surface area contributed by atoms with Gasteiger partial charge in [-0.15, -0.1) is 0 Å². The van der Waals surface area contributed by atoms with Gasteiger partial charge in [0.05, 0.1) is 23.1 Å². The van der Waals surface area contributed by atoms with Crippen LogP contribution in [-0.2, 0) is 21.2 Å². The van der Waals surface area contributed by atoms with E-state index in [1.165, 1.54) is 19.2 Å². The molecule has 2 aromatic rings. The third-order valence-corrected chi connectivity index (χ3v) is 7.36. The topological polar surface area (TPSA) is 146 Å². The van der Waals surface area contributed by atoms with Gasteiger partial charge in [0.2, 0.25) is 10.0 Å². The molecule has 1 heterocycles. The molecule has 0 aliphatic carbocycles. The molecule has 1 aliphatic heterocycles. The van der Waals surface area contributed by atoms with E-state index in [2.05, 4.69) is 4.72 Å². The second-order valence-corrected chi connectivity index (χ2v) is 9.96. The van der Waals surface area contributed by atoms with E-state index in [4.69, 9.17) is 21.1 Å². The van der Waals surface area contributed by atoms with Crippen LogP contribution >= 0.6 is 11.6 Å². The van der Waals surface area contributed by atoms with Crippen LogP contribution in [0.2, 0.25) is 5.02 Å². The highest BCUT2D eigenvalue weighted by Crippen LogP contribution is 2.35. The maximum Gasteiger partial charge on any atom is 0.240 e. The molecule has 2 aromatic carbocycles. The molecule has 0 radical (unpaired) electrons. The largest absolute Gasteiger partial charge is 0.492 e. The van der Waals surface area contributed by atoms with Crippen molar-refractivity contribution in [3.8, 4) is 5.75 Å². The first-order valence-electron chi connectivity index (χ1n) is 10.4. The van der Waals surface area contributed by atoms with Crippen molar-refractivity contribution in [2.75, 3.05) is 20.3 Å². The van der Waals surface area contributed by atoms with Crippen molar-refractivity contribution < 1.29 is 38.3 Å². The van der Waals surface area contributed by atoms with Crippen LogP contribution in [0.3, 0.4) is 0 Å². The van der Waals surface area contributed by atoms with E-state index in [0.717, 1.165) is 5.56 Å². The molecule has 3 rings (SSSR count). The fourth-order valence-corrected chi connectivity index (χ4v) is 5.01. The molecule has 0 unspecified atom stereocenters. The summed E-state index contributed by atoms with van der Waals surface area (Å²) in [6.07, 6.45) is -6.50. The summed E-state index contributed by atoms with van der Waals surface area (Å²) in [6.45, 7) is 1.72. The molecule has 1 fully saturated rings. The minimum absolute atomic E-state index is 0.0309. The average Bonchev–Trinajstić information content (AvgIpc) is 2.79. The Bertz CT molecular complexity index is 1080. The predicted molar refractivity (Wildman–Crippen MR) is 121 cm³/mol. The smallest absolute Gasteiger partial charge is 0.240 e. The maximum atomic E-state index is 12.6. The predicted octanol–water partition coefficient (Wildman–Crippen LogP) is 0.753. The van der Waals surface area contributed by atoms with E-state index < -0.39 is 47.2 Å². The summed E-state index contributed by atoms with van der Waals surface area (Å²) in [6, 6.07) is 9.56. The number of aliphatic hydroxyl groups is 4. The number of rotatable bonds is 8. The van der Waals surface area contributed by atoms with Crippen molar-refractivity contribution >= 4 is 21.6 Å². The van der Waals surface area contributed by atoms with Crippen LogP contribution < -0.4 is 9.46 Å². The Morgan fingerprint density at radius 3 is 2.42 bits per heavy atom. The summed E-state index contributed by atoms with van der Waals surface area (Å²) in [7, 11) is -2.51. The highest BCUT2D eigenvalue weighted by Gasteiger charge is 2.44. The highest BCUT2D eigenvalue weighted by atomic mass is 35.5. The summed E-state index contributed by atoms with van der Waals surface area (Å²) >= 11 is 6.28. The van der Waals surface area contributed by atoms with Crippen molar-refractivity contribution in [3.63, 3.8) is 0 Å². The zero-order valence-electron chi connectivity index (χ0n) is 18.2. The molecule has 182 valence electrons. The number of hydrogen-bond acceptors (Lipinski definition) is 8. The molecule has 33 heavy (non-hydrogen) atoms. The van der Waals surface area contributed by atoms with E-state index in [1.807, 2.05) is 6.92 Å². The van der Waals surface area contributed by atoms with Crippen LogP contribution in [0.4, 0.5) is 0 Å². The number of benzene rings is 2. The molecule has 5 N–H and O–H groups in total. The van der Waals surface area contributed by atoms with E-state index in [-0.39, 0.29) is 11.3 Å². The monoisotopic (exact) mass is 501 g/mol. The van der Waals surface area contributed by atoms with Gasteiger partial charge in [-0.3, -0.25) is 0 Å². The Morgan fingerprint density at radius 1 is 1.09 bits per heavy atom. The Morgan fingerprint density at radius 2 is 1.82 bits per heavy atom. The normalized spacial score (nSPS) is 25.7. The Kier molecular flexibility index (Phi) is 8.35. The molecule has 5 atom stereocenters. The molecule has 9 nitrogen and oxygen atoms in total. The van der Waals surface area contributed by atoms with Gasteiger partial charge in [-0.1, -0.05) is 29.8 Å². The lowest BCUT2D eigenvalue weighted by Gasteiger charge is -2.40. The second-order valence-electron chi connectivity index (χ2n) is 7.70. The molecule has 11 heteroatoms. The van der Waals surface area contributed by atoms with Gasteiger partial charge in [0.1, 0.15) is 36.3 Å². The lowest BCUT2D eigenvalue weighted by molar-refractivity contribution is -0.231. The zero-order valence-corrected chi connectivity index (χ0v) is 19.8. The molecule has 0 saturated carbocycles. The maximum absolute atomic E-state index is 12.6. The number of nitrogens with one attached hydrogen (secondary N) is 1. The quantitative estimate of drug-likeness (QED) is 0.356. The Balaban J connectivity index is 2.02. The molecular weight excluding hydrogens is 474 g/mol. The first-order valence-corrected chi connectivity index (χ1v) is 12.3. The average molecular weight is 502 g/mol. The van der Waals surface area contributed by atoms with Gasteiger partial charge in [-0.05, 0) is 55.3 Å². The molecule has 0 amide bonds. The third kappa shape index (κ3) is 5.50. The van der Waals surface area contributed by atoms with Crippen LogP contribution in [-0.4, -0.2) is 73.5 Å². The molecule has 0 spiro atoms. The fraction of sp³-hybridized carbons (Fsp3) is 0.455. The zero-order chi connectivity index (χ0) is 24.3. The van der Waals surface area contributed by atoms with Gasteiger partial charge < -0.3 is 29.9 Å². The van der Waals surface area contributed by atoms with Crippen LogP contribution in [0.1, 0.15) is 29.7 Å². The van der Waals surface area contributed by atoms with Gasteiger partial charge in [0.25, 0.3) is 0 Å². The van der Waals surface area contributed by atoms with E-state index in [0.29, 0.717) is 28.5 Å². The minimum Gasteiger partial charge on any atom is -0.492 e. The summed E-state index contributed by atoms with van der Waals surface area (Å²) < 4.78 is 38.6. The van der Waals surface area contributed by atoms with Crippen LogP contribution in [0.15, 0.2) is 41.3 Å². The summed E-state index contributed by atoms with van der Waals surface area (Å²) in [4.78, 5) is 0.0309. The molecule has 1 aliphatic rings.